The van der Waals surface area contributed by atoms with Crippen LogP contribution in [0.2, 0.25) is 0 Å². The van der Waals surface area contributed by atoms with Crippen molar-refractivity contribution in [3.8, 4) is 5.75 Å². The van der Waals surface area contributed by atoms with E-state index in [0.717, 1.165) is 0 Å². The summed E-state index contributed by atoms with van der Waals surface area (Å²) in [5.74, 6) is -0.0379. The molecule has 3 N–H and O–H groups in total. The Bertz CT molecular complexity index is 291. The second kappa shape index (κ2) is 5.27. The molecule has 4 nitrogen and oxygen atoms in total. The van der Waals surface area contributed by atoms with E-state index in [1.165, 1.54) is 6.20 Å². The molecule has 0 spiro atoms. The molecule has 1 heterocycles. The van der Waals surface area contributed by atoms with Crippen molar-refractivity contribution in [1.82, 2.24) is 4.98 Å². The fourth-order valence-electron chi connectivity index (χ4n) is 0.997. The zero-order valence-electron chi connectivity index (χ0n) is 7.49. The molecule has 13 heavy (non-hydrogen) atoms. The van der Waals surface area contributed by atoms with E-state index in [0.29, 0.717) is 16.8 Å². The zero-order chi connectivity index (χ0) is 9.14. The van der Waals surface area contributed by atoms with Gasteiger partial charge in [0.25, 0.3) is 0 Å². The summed E-state index contributed by atoms with van der Waals surface area (Å²) in [7, 11) is 0. The van der Waals surface area contributed by atoms with Gasteiger partial charge >= 0.3 is 0 Å². The third-order valence-corrected chi connectivity index (χ3v) is 1.76. The molecule has 68 valence electrons. The molecule has 0 radical (unpaired) electrons. The number of nitrogens with zero attached hydrogens (tertiary/aromatic N) is 1. The number of aromatic hydroxyl groups is 1. The smallest absolute Gasteiger partial charge is 0.142 e. The standard InChI is InChI=1S/C8H11NO3.Zn/c1-5-8(12)7(4-11)6(3-10)2-9-5;/h2,10-12H,3-4H2,1H3;. The van der Waals surface area contributed by atoms with Crippen LogP contribution in [0.1, 0.15) is 16.8 Å². The van der Waals surface area contributed by atoms with Crippen LogP contribution in [0.5, 0.6) is 5.75 Å². The van der Waals surface area contributed by atoms with Crippen LogP contribution in [0.25, 0.3) is 0 Å². The molecule has 0 aromatic carbocycles. The Morgan fingerprint density at radius 3 is 2.38 bits per heavy atom. The van der Waals surface area contributed by atoms with Crippen molar-refractivity contribution in [1.29, 1.82) is 0 Å². The number of aromatic nitrogens is 1. The van der Waals surface area contributed by atoms with Gasteiger partial charge in [-0.1, -0.05) is 0 Å². The first-order chi connectivity index (χ1) is 5.70. The average molecular weight is 235 g/mol. The van der Waals surface area contributed by atoms with Crippen LogP contribution >= 0.6 is 0 Å². The van der Waals surface area contributed by atoms with Crippen molar-refractivity contribution >= 4 is 0 Å². The molecule has 0 unspecified atom stereocenters. The molecule has 0 aliphatic rings. The predicted molar refractivity (Wildman–Crippen MR) is 42.5 cm³/mol. The summed E-state index contributed by atoms with van der Waals surface area (Å²) in [5, 5.41) is 27.0. The van der Waals surface area contributed by atoms with E-state index in [-0.39, 0.29) is 38.4 Å². The van der Waals surface area contributed by atoms with Crippen molar-refractivity contribution in [2.24, 2.45) is 0 Å². The van der Waals surface area contributed by atoms with Gasteiger partial charge in [-0.3, -0.25) is 4.98 Å². The molecule has 0 atom stereocenters. The summed E-state index contributed by atoms with van der Waals surface area (Å²) in [6.45, 7) is 1.12. The molecule has 0 aliphatic carbocycles. The van der Waals surface area contributed by atoms with E-state index in [2.05, 4.69) is 4.98 Å². The van der Waals surface area contributed by atoms with E-state index in [1.807, 2.05) is 0 Å². The maximum Gasteiger partial charge on any atom is 0.142 e. The minimum absolute atomic E-state index is 0. The molecule has 5 heteroatoms. The van der Waals surface area contributed by atoms with Gasteiger partial charge in [-0.05, 0) is 6.92 Å². The quantitative estimate of drug-likeness (QED) is 0.634. The van der Waals surface area contributed by atoms with Gasteiger partial charge in [0.2, 0.25) is 0 Å². The number of aryl methyl sites for hydroxylation is 1. The van der Waals surface area contributed by atoms with Crippen LogP contribution in [0, 0.1) is 6.92 Å². The number of aliphatic hydroxyl groups excluding tert-OH is 2. The Hall–Kier alpha value is -0.507. The van der Waals surface area contributed by atoms with Crippen molar-refractivity contribution in [3.05, 3.63) is 23.0 Å². The number of pyridine rings is 1. The maximum atomic E-state index is 9.38. The maximum absolute atomic E-state index is 9.38. The second-order valence-electron chi connectivity index (χ2n) is 2.51. The van der Waals surface area contributed by atoms with E-state index < -0.39 is 0 Å². The Kier molecular flexibility index (Phi) is 5.07. The predicted octanol–water partition coefficient (Wildman–Crippen LogP) is 0.0777. The summed E-state index contributed by atoms with van der Waals surface area (Å²) in [6.07, 6.45) is 1.45. The van der Waals surface area contributed by atoms with Crippen LogP contribution < -0.4 is 0 Å². The molecule has 1 rings (SSSR count). The molecule has 0 aliphatic heterocycles. The number of hydrogen-bond acceptors (Lipinski definition) is 4. The molecule has 1 aromatic heterocycles. The first-order valence-corrected chi connectivity index (χ1v) is 3.58. The number of rotatable bonds is 2. The van der Waals surface area contributed by atoms with E-state index in [4.69, 9.17) is 10.2 Å². The Balaban J connectivity index is 0.00000144. The van der Waals surface area contributed by atoms with E-state index in [1.54, 1.807) is 6.92 Å². The fourth-order valence-corrected chi connectivity index (χ4v) is 0.997. The van der Waals surface area contributed by atoms with E-state index >= 15 is 0 Å². The second-order valence-corrected chi connectivity index (χ2v) is 2.51. The molecule has 0 saturated heterocycles. The largest absolute Gasteiger partial charge is 0.506 e. The van der Waals surface area contributed by atoms with Crippen LogP contribution in [0.4, 0.5) is 0 Å². The molecule has 0 bridgehead atoms. The monoisotopic (exact) mass is 233 g/mol. The minimum atomic E-state index is -0.287. The van der Waals surface area contributed by atoms with Crippen LogP contribution in [0.3, 0.4) is 0 Å². The van der Waals surface area contributed by atoms with Gasteiger partial charge in [0, 0.05) is 36.8 Å². The summed E-state index contributed by atoms with van der Waals surface area (Å²) >= 11 is 0. The third kappa shape index (κ3) is 2.47. The number of aliphatic hydroxyl groups is 2. The Labute approximate surface area is 89.0 Å². The molecule has 1 aromatic rings. The fraction of sp³-hybridized carbons (Fsp3) is 0.375. The van der Waals surface area contributed by atoms with Crippen molar-refractivity contribution in [3.63, 3.8) is 0 Å². The summed E-state index contributed by atoms with van der Waals surface area (Å²) < 4.78 is 0. The van der Waals surface area contributed by atoms with Gasteiger partial charge in [0.1, 0.15) is 5.75 Å². The third-order valence-electron chi connectivity index (χ3n) is 1.76. The van der Waals surface area contributed by atoms with Gasteiger partial charge in [-0.2, -0.15) is 0 Å². The topological polar surface area (TPSA) is 73.6 Å². The van der Waals surface area contributed by atoms with Gasteiger partial charge in [0.05, 0.1) is 18.9 Å². The van der Waals surface area contributed by atoms with Crippen molar-refractivity contribution in [2.75, 3.05) is 0 Å². The summed E-state index contributed by atoms with van der Waals surface area (Å²) in [4.78, 5) is 3.84. The zero-order valence-corrected chi connectivity index (χ0v) is 10.5. The normalized spacial score (nSPS) is 9.46. The van der Waals surface area contributed by atoms with E-state index in [9.17, 15) is 5.11 Å². The van der Waals surface area contributed by atoms with Crippen molar-refractivity contribution < 1.29 is 34.8 Å². The Morgan fingerprint density at radius 1 is 1.31 bits per heavy atom. The number of hydrogen-bond donors (Lipinski definition) is 3. The van der Waals surface area contributed by atoms with Crippen LogP contribution in [-0.4, -0.2) is 20.3 Å². The van der Waals surface area contributed by atoms with Crippen LogP contribution in [0.15, 0.2) is 6.20 Å². The molecule has 0 fully saturated rings. The summed E-state index contributed by atoms with van der Waals surface area (Å²) in [5.41, 5.74) is 1.27. The van der Waals surface area contributed by atoms with Crippen LogP contribution in [-0.2, 0) is 32.7 Å². The van der Waals surface area contributed by atoms with Gasteiger partial charge in [-0.15, -0.1) is 0 Å². The summed E-state index contributed by atoms with van der Waals surface area (Å²) in [6, 6.07) is 0. The van der Waals surface area contributed by atoms with Gasteiger partial charge in [0.15, 0.2) is 0 Å². The van der Waals surface area contributed by atoms with Gasteiger partial charge in [-0.25, -0.2) is 0 Å². The molecule has 0 amide bonds. The first kappa shape index (κ1) is 12.5. The Morgan fingerprint density at radius 2 is 1.92 bits per heavy atom. The van der Waals surface area contributed by atoms with Gasteiger partial charge < -0.3 is 15.3 Å². The SMILES string of the molecule is Cc1ncc(CO)c(CO)c1O.[Zn]. The van der Waals surface area contributed by atoms with Crippen molar-refractivity contribution in [2.45, 2.75) is 20.1 Å². The first-order valence-electron chi connectivity index (χ1n) is 3.58. The molecule has 0 saturated carbocycles. The molecular weight excluding hydrogens is 223 g/mol. The average Bonchev–Trinajstić information content (AvgIpc) is 2.09. The minimum Gasteiger partial charge on any atom is -0.506 e. The molecular formula is C8H11NO3Zn.